The third kappa shape index (κ3) is 2.85. The van der Waals surface area contributed by atoms with Gasteiger partial charge in [-0.25, -0.2) is 0 Å². The van der Waals surface area contributed by atoms with Crippen LogP contribution in [0, 0.1) is 6.92 Å². The van der Waals surface area contributed by atoms with Gasteiger partial charge in [0.05, 0.1) is 22.8 Å². The molecule has 0 atom stereocenters. The molecule has 0 aromatic carbocycles. The first-order valence-corrected chi connectivity index (χ1v) is 6.77. The van der Waals surface area contributed by atoms with Crippen LogP contribution < -0.4 is 0 Å². The summed E-state index contributed by atoms with van der Waals surface area (Å²) in [7, 11) is 3.53. The maximum absolute atomic E-state index is 12.4. The van der Waals surface area contributed by atoms with Crippen molar-refractivity contribution in [2.24, 2.45) is 7.05 Å². The van der Waals surface area contributed by atoms with E-state index in [0.717, 1.165) is 12.2 Å². The minimum Gasteiger partial charge on any atom is -0.336 e. The Morgan fingerprint density at radius 3 is 2.60 bits per heavy atom. The van der Waals surface area contributed by atoms with Crippen molar-refractivity contribution in [3.8, 4) is 0 Å². The summed E-state index contributed by atoms with van der Waals surface area (Å²) in [6.45, 7) is 4.93. The summed E-state index contributed by atoms with van der Waals surface area (Å²) in [6.07, 6.45) is 3.49. The van der Waals surface area contributed by atoms with E-state index < -0.39 is 0 Å². The lowest BCUT2D eigenvalue weighted by molar-refractivity contribution is 0.0782. The molecular formula is C13H18ClN5O. The third-order valence-corrected chi connectivity index (χ3v) is 3.40. The number of halogens is 1. The Morgan fingerprint density at radius 1 is 1.40 bits per heavy atom. The fourth-order valence-corrected chi connectivity index (χ4v) is 2.23. The summed E-state index contributed by atoms with van der Waals surface area (Å²) in [5, 5.41) is 9.10. The van der Waals surface area contributed by atoms with Gasteiger partial charge in [-0.1, -0.05) is 11.6 Å². The van der Waals surface area contributed by atoms with Gasteiger partial charge < -0.3 is 4.90 Å². The molecule has 0 saturated carbocycles. The molecule has 2 aromatic rings. The summed E-state index contributed by atoms with van der Waals surface area (Å²) in [5.74, 6) is -0.0854. The van der Waals surface area contributed by atoms with Crippen LogP contribution in [0.3, 0.4) is 0 Å². The van der Waals surface area contributed by atoms with Gasteiger partial charge in [-0.15, -0.1) is 0 Å². The van der Waals surface area contributed by atoms with Crippen LogP contribution >= 0.6 is 11.6 Å². The van der Waals surface area contributed by atoms with Crippen molar-refractivity contribution in [1.82, 2.24) is 24.5 Å². The van der Waals surface area contributed by atoms with E-state index in [1.807, 2.05) is 13.8 Å². The molecule has 0 aliphatic carbocycles. The van der Waals surface area contributed by atoms with Gasteiger partial charge in [-0.05, 0) is 13.8 Å². The van der Waals surface area contributed by atoms with Gasteiger partial charge in [-0.3, -0.25) is 14.2 Å². The maximum Gasteiger partial charge on any atom is 0.257 e. The van der Waals surface area contributed by atoms with Crippen molar-refractivity contribution in [2.45, 2.75) is 26.9 Å². The molecule has 0 aliphatic heterocycles. The van der Waals surface area contributed by atoms with E-state index in [1.165, 1.54) is 0 Å². The number of hydrogen-bond acceptors (Lipinski definition) is 3. The lowest BCUT2D eigenvalue weighted by Gasteiger charge is -2.15. The number of aromatic nitrogens is 4. The van der Waals surface area contributed by atoms with Gasteiger partial charge in [0.1, 0.15) is 5.69 Å². The van der Waals surface area contributed by atoms with E-state index in [-0.39, 0.29) is 5.91 Å². The normalized spacial score (nSPS) is 10.8. The van der Waals surface area contributed by atoms with E-state index in [1.54, 1.807) is 40.8 Å². The van der Waals surface area contributed by atoms with Crippen LogP contribution in [0.5, 0.6) is 0 Å². The molecule has 1 amide bonds. The number of carbonyl (C=O) groups is 1. The summed E-state index contributed by atoms with van der Waals surface area (Å²) in [5.41, 5.74) is 2.02. The van der Waals surface area contributed by atoms with Crippen molar-refractivity contribution in [2.75, 3.05) is 7.05 Å². The first kappa shape index (κ1) is 14.6. The maximum atomic E-state index is 12.4. The summed E-state index contributed by atoms with van der Waals surface area (Å²) < 4.78 is 3.39. The number of carbonyl (C=O) groups excluding carboxylic acids is 1. The molecule has 0 N–H and O–H groups in total. The van der Waals surface area contributed by atoms with E-state index in [9.17, 15) is 4.79 Å². The molecule has 108 valence electrons. The highest BCUT2D eigenvalue weighted by Crippen LogP contribution is 2.17. The summed E-state index contributed by atoms with van der Waals surface area (Å²) in [6, 6.07) is 0. The number of rotatable bonds is 4. The molecule has 6 nitrogen and oxygen atoms in total. The van der Waals surface area contributed by atoms with Crippen molar-refractivity contribution in [1.29, 1.82) is 0 Å². The van der Waals surface area contributed by atoms with Crippen molar-refractivity contribution < 1.29 is 4.79 Å². The lowest BCUT2D eigenvalue weighted by Crippen LogP contribution is -2.27. The van der Waals surface area contributed by atoms with Gasteiger partial charge in [-0.2, -0.15) is 10.2 Å². The van der Waals surface area contributed by atoms with Crippen LogP contribution in [-0.4, -0.2) is 37.4 Å². The highest BCUT2D eigenvalue weighted by Gasteiger charge is 2.19. The van der Waals surface area contributed by atoms with Crippen molar-refractivity contribution in [3.63, 3.8) is 0 Å². The SMILES string of the molecule is CCn1cc(Cl)c(CN(C)C(=O)c2cn(C)nc2C)n1. The zero-order valence-electron chi connectivity index (χ0n) is 12.1. The minimum absolute atomic E-state index is 0.0854. The van der Waals surface area contributed by atoms with E-state index in [4.69, 9.17) is 11.6 Å². The van der Waals surface area contributed by atoms with Gasteiger partial charge >= 0.3 is 0 Å². The van der Waals surface area contributed by atoms with E-state index in [2.05, 4.69) is 10.2 Å². The molecule has 0 unspecified atom stereocenters. The zero-order valence-corrected chi connectivity index (χ0v) is 12.8. The lowest BCUT2D eigenvalue weighted by atomic mass is 10.2. The number of nitrogens with zero attached hydrogens (tertiary/aromatic N) is 5. The molecular weight excluding hydrogens is 278 g/mol. The van der Waals surface area contributed by atoms with Crippen LogP contribution in [-0.2, 0) is 20.1 Å². The van der Waals surface area contributed by atoms with Gasteiger partial charge in [0.25, 0.3) is 5.91 Å². The quantitative estimate of drug-likeness (QED) is 0.865. The summed E-state index contributed by atoms with van der Waals surface area (Å²) >= 11 is 6.12. The Hall–Kier alpha value is -1.82. The zero-order chi connectivity index (χ0) is 14.9. The first-order valence-electron chi connectivity index (χ1n) is 6.40. The Kier molecular flexibility index (Phi) is 4.13. The van der Waals surface area contributed by atoms with Crippen molar-refractivity contribution in [3.05, 3.63) is 34.4 Å². The van der Waals surface area contributed by atoms with Gasteiger partial charge in [0.2, 0.25) is 0 Å². The Balaban J connectivity index is 2.15. The van der Waals surface area contributed by atoms with E-state index >= 15 is 0 Å². The first-order chi connectivity index (χ1) is 9.42. The molecule has 2 aromatic heterocycles. The average molecular weight is 296 g/mol. The number of aryl methyl sites for hydroxylation is 3. The second kappa shape index (κ2) is 5.66. The third-order valence-electron chi connectivity index (χ3n) is 3.09. The molecule has 0 aliphatic rings. The average Bonchev–Trinajstić information content (AvgIpc) is 2.91. The standard InChI is InChI=1S/C13H18ClN5O/c1-5-19-7-11(14)12(16-19)8-17(3)13(20)10-6-18(4)15-9(10)2/h6-7H,5,8H2,1-4H3. The fourth-order valence-electron chi connectivity index (χ4n) is 2.02. The molecule has 0 fully saturated rings. The Bertz CT molecular complexity index is 631. The molecule has 2 heterocycles. The van der Waals surface area contributed by atoms with Crippen LogP contribution in [0.15, 0.2) is 12.4 Å². The Morgan fingerprint density at radius 2 is 2.10 bits per heavy atom. The molecule has 0 radical (unpaired) electrons. The molecule has 20 heavy (non-hydrogen) atoms. The van der Waals surface area contributed by atoms with Gasteiger partial charge in [0.15, 0.2) is 0 Å². The molecule has 2 rings (SSSR count). The highest BCUT2D eigenvalue weighted by molar-refractivity contribution is 6.31. The molecule has 0 saturated heterocycles. The fraction of sp³-hybridized carbons (Fsp3) is 0.462. The number of hydrogen-bond donors (Lipinski definition) is 0. The molecule has 0 spiro atoms. The van der Waals surface area contributed by atoms with Gasteiger partial charge in [0, 0.05) is 33.0 Å². The Labute approximate surface area is 122 Å². The van der Waals surface area contributed by atoms with Crippen LogP contribution in [0.4, 0.5) is 0 Å². The molecule has 7 heteroatoms. The molecule has 0 bridgehead atoms. The predicted molar refractivity (Wildman–Crippen MR) is 76.7 cm³/mol. The summed E-state index contributed by atoms with van der Waals surface area (Å²) in [4.78, 5) is 14.0. The van der Waals surface area contributed by atoms with Crippen molar-refractivity contribution >= 4 is 17.5 Å². The smallest absolute Gasteiger partial charge is 0.257 e. The van der Waals surface area contributed by atoms with Crippen LogP contribution in [0.25, 0.3) is 0 Å². The second-order valence-electron chi connectivity index (χ2n) is 4.74. The number of amides is 1. The van der Waals surface area contributed by atoms with Crippen LogP contribution in [0.2, 0.25) is 5.02 Å². The highest BCUT2D eigenvalue weighted by atomic mass is 35.5. The largest absolute Gasteiger partial charge is 0.336 e. The van der Waals surface area contributed by atoms with Crippen LogP contribution in [0.1, 0.15) is 28.7 Å². The minimum atomic E-state index is -0.0854. The van der Waals surface area contributed by atoms with E-state index in [0.29, 0.717) is 22.8 Å². The monoisotopic (exact) mass is 295 g/mol. The topological polar surface area (TPSA) is 56.0 Å². The second-order valence-corrected chi connectivity index (χ2v) is 5.15. The predicted octanol–water partition coefficient (Wildman–Crippen LogP) is 1.87.